The maximum atomic E-state index is 3.28. The third kappa shape index (κ3) is 7.24. The summed E-state index contributed by atoms with van der Waals surface area (Å²) in [4.78, 5) is 0. The van der Waals surface area contributed by atoms with E-state index in [0.29, 0.717) is 0 Å². The van der Waals surface area contributed by atoms with E-state index in [4.69, 9.17) is 0 Å². The molecule has 0 aromatic rings. The highest BCUT2D eigenvalue weighted by Gasteiger charge is 1.75. The van der Waals surface area contributed by atoms with Gasteiger partial charge in [0.05, 0.1) is 2.49 Å². The Kier molecular flexibility index (Phi) is 7.35. The molecular formula is C5H3BrI2. The summed E-state index contributed by atoms with van der Waals surface area (Å²) in [5.41, 5.74) is 0. The van der Waals surface area contributed by atoms with Crippen molar-refractivity contribution in [2.75, 3.05) is 0 Å². The Balaban J connectivity index is 3.40. The van der Waals surface area contributed by atoms with Crippen LogP contribution in [-0.4, -0.2) is 0 Å². The fraction of sp³-hybridized carbons (Fsp3) is 0.200. The number of rotatable bonds is 1. The van der Waals surface area contributed by atoms with Crippen molar-refractivity contribution in [1.29, 1.82) is 0 Å². The molecule has 3 heteroatoms. The molecule has 0 saturated heterocycles. The average molecular weight is 397 g/mol. The van der Waals surface area contributed by atoms with E-state index in [9.17, 15) is 0 Å². The highest BCUT2D eigenvalue weighted by Crippen LogP contribution is 2.13. The first-order valence-corrected chi connectivity index (χ1v) is 4.82. The maximum Gasteiger partial charge on any atom is 0.0528 e. The quantitative estimate of drug-likeness (QED) is 0.470. The monoisotopic (exact) mass is 396 g/mol. The van der Waals surface area contributed by atoms with Crippen LogP contribution in [0.4, 0.5) is 0 Å². The molecule has 0 radical (unpaired) electrons. The Morgan fingerprint density at radius 2 is 2.38 bits per heavy atom. The van der Waals surface area contributed by atoms with Crippen LogP contribution in [0.2, 0.25) is 0 Å². The van der Waals surface area contributed by atoms with E-state index in [-0.39, 0.29) is 0 Å². The standard InChI is InChI=1S/C5H3BrI2/c6-5(8)3-1-2-4-7/h3H,1H2. The second-order valence-electron chi connectivity index (χ2n) is 0.969. The van der Waals surface area contributed by atoms with Gasteiger partial charge in [-0.2, -0.15) is 0 Å². The van der Waals surface area contributed by atoms with E-state index in [1.807, 2.05) is 28.7 Å². The van der Waals surface area contributed by atoms with Gasteiger partial charge in [0.25, 0.3) is 0 Å². The maximum absolute atomic E-state index is 3.28. The second kappa shape index (κ2) is 6.36. The molecule has 0 aromatic carbocycles. The molecule has 0 spiro atoms. The third-order valence-corrected chi connectivity index (χ3v) is 1.57. The van der Waals surface area contributed by atoms with Gasteiger partial charge in [-0.25, -0.2) is 0 Å². The summed E-state index contributed by atoms with van der Waals surface area (Å²) in [5, 5.41) is 0. The van der Waals surface area contributed by atoms with Gasteiger partial charge in [0, 0.05) is 29.0 Å². The molecule has 0 rings (SSSR count). The second-order valence-corrected chi connectivity index (χ2v) is 5.01. The molecule has 0 atom stereocenters. The zero-order chi connectivity index (χ0) is 6.41. The van der Waals surface area contributed by atoms with Crippen LogP contribution in [0, 0.1) is 9.85 Å². The van der Waals surface area contributed by atoms with Crippen LogP contribution in [0.25, 0.3) is 0 Å². The molecule has 0 bridgehead atoms. The molecule has 8 heavy (non-hydrogen) atoms. The van der Waals surface area contributed by atoms with E-state index in [1.54, 1.807) is 0 Å². The van der Waals surface area contributed by atoms with E-state index in [0.717, 1.165) is 8.91 Å². The number of halogens is 3. The number of hydrogen-bond acceptors (Lipinski definition) is 0. The van der Waals surface area contributed by atoms with Crippen molar-refractivity contribution < 1.29 is 0 Å². The highest BCUT2D eigenvalue weighted by atomic mass is 127. The van der Waals surface area contributed by atoms with Gasteiger partial charge in [-0.15, -0.1) is 0 Å². The lowest BCUT2D eigenvalue weighted by Gasteiger charge is -1.76. The number of allylic oxidation sites excluding steroid dienone is 1. The van der Waals surface area contributed by atoms with Gasteiger partial charge in [0.2, 0.25) is 0 Å². The minimum absolute atomic E-state index is 0.840. The van der Waals surface area contributed by atoms with Gasteiger partial charge in [0.15, 0.2) is 0 Å². The van der Waals surface area contributed by atoms with Gasteiger partial charge < -0.3 is 0 Å². The van der Waals surface area contributed by atoms with Crippen LogP contribution in [0.15, 0.2) is 8.57 Å². The molecule has 0 unspecified atom stereocenters. The Hall–Kier alpha value is 1.24. The van der Waals surface area contributed by atoms with Crippen LogP contribution >= 0.6 is 61.1 Å². The summed E-state index contributed by atoms with van der Waals surface area (Å²) < 4.78 is 3.89. The number of hydrogen-bond donors (Lipinski definition) is 0. The Bertz CT molecular complexity index is 136. The van der Waals surface area contributed by atoms with Crippen LogP contribution in [0.1, 0.15) is 6.42 Å². The van der Waals surface area contributed by atoms with Crippen LogP contribution in [0.3, 0.4) is 0 Å². The molecule has 0 amide bonds. The summed E-state index contributed by atoms with van der Waals surface area (Å²) in [7, 11) is 0. The largest absolute Gasteiger partial charge is 0.0877 e. The first kappa shape index (κ1) is 9.24. The average Bonchev–Trinajstić information content (AvgIpc) is 1.66. The van der Waals surface area contributed by atoms with Crippen molar-refractivity contribution >= 4 is 61.1 Å². The van der Waals surface area contributed by atoms with Crippen molar-refractivity contribution in [3.8, 4) is 9.85 Å². The SMILES string of the molecule is BrC(I)=CCC#CI. The fourth-order valence-electron chi connectivity index (χ4n) is 0.167. The minimum atomic E-state index is 0.840. The minimum Gasteiger partial charge on any atom is -0.0877 e. The van der Waals surface area contributed by atoms with Crippen molar-refractivity contribution in [2.24, 2.45) is 0 Å². The van der Waals surface area contributed by atoms with E-state index in [2.05, 4.69) is 48.4 Å². The third-order valence-electron chi connectivity index (χ3n) is 0.425. The lowest BCUT2D eigenvalue weighted by molar-refractivity contribution is 1.49. The Morgan fingerprint density at radius 1 is 1.75 bits per heavy atom. The summed E-state index contributed by atoms with van der Waals surface area (Å²) in [6.45, 7) is 0. The smallest absolute Gasteiger partial charge is 0.0528 e. The molecule has 0 aliphatic heterocycles. The van der Waals surface area contributed by atoms with Crippen molar-refractivity contribution in [3.63, 3.8) is 0 Å². The summed E-state index contributed by atoms with van der Waals surface area (Å²) >= 11 is 7.50. The summed E-state index contributed by atoms with van der Waals surface area (Å²) in [6.07, 6.45) is 2.86. The zero-order valence-electron chi connectivity index (χ0n) is 3.92. The van der Waals surface area contributed by atoms with Gasteiger partial charge in [-0.05, 0) is 42.4 Å². The highest BCUT2D eigenvalue weighted by molar-refractivity contribution is 14.1. The predicted molar refractivity (Wildman–Crippen MR) is 57.4 cm³/mol. The molecule has 0 fully saturated rings. The topological polar surface area (TPSA) is 0 Å². The van der Waals surface area contributed by atoms with Crippen molar-refractivity contribution in [2.45, 2.75) is 6.42 Å². The summed E-state index contributed by atoms with van der Waals surface area (Å²) in [5.74, 6) is 2.91. The van der Waals surface area contributed by atoms with Gasteiger partial charge >= 0.3 is 0 Å². The van der Waals surface area contributed by atoms with Crippen molar-refractivity contribution in [1.82, 2.24) is 0 Å². The van der Waals surface area contributed by atoms with Crippen LogP contribution in [0.5, 0.6) is 0 Å². The first-order chi connectivity index (χ1) is 3.77. The first-order valence-electron chi connectivity index (χ1n) is 1.87. The molecule has 0 aromatic heterocycles. The molecule has 0 heterocycles. The van der Waals surface area contributed by atoms with E-state index >= 15 is 0 Å². The molecule has 0 N–H and O–H groups in total. The molecular weight excluding hydrogens is 394 g/mol. The fourth-order valence-corrected chi connectivity index (χ4v) is 0.769. The van der Waals surface area contributed by atoms with Gasteiger partial charge in [-0.1, -0.05) is 12.0 Å². The van der Waals surface area contributed by atoms with Gasteiger partial charge in [0.1, 0.15) is 0 Å². The normalized spacial score (nSPS) is 10.1. The van der Waals surface area contributed by atoms with Crippen LogP contribution < -0.4 is 0 Å². The van der Waals surface area contributed by atoms with E-state index < -0.39 is 0 Å². The van der Waals surface area contributed by atoms with Crippen molar-refractivity contribution in [3.05, 3.63) is 8.57 Å². The lowest BCUT2D eigenvalue weighted by atomic mass is 10.5. The molecule has 0 aliphatic rings. The Labute approximate surface area is 84.9 Å². The molecule has 44 valence electrons. The lowest BCUT2D eigenvalue weighted by Crippen LogP contribution is -1.54. The van der Waals surface area contributed by atoms with Crippen LogP contribution in [-0.2, 0) is 0 Å². The van der Waals surface area contributed by atoms with Gasteiger partial charge in [-0.3, -0.25) is 0 Å². The molecule has 0 nitrogen and oxygen atoms in total. The summed E-state index contributed by atoms with van der Waals surface area (Å²) in [6, 6.07) is 0. The van der Waals surface area contributed by atoms with E-state index in [1.165, 1.54) is 0 Å². The molecule has 0 aliphatic carbocycles. The predicted octanol–water partition coefficient (Wildman–Crippen LogP) is 3.44. The Morgan fingerprint density at radius 3 is 2.75 bits per heavy atom. The molecule has 0 saturated carbocycles. The zero-order valence-corrected chi connectivity index (χ0v) is 9.82.